The van der Waals surface area contributed by atoms with E-state index in [0.29, 0.717) is 23.7 Å². The summed E-state index contributed by atoms with van der Waals surface area (Å²) in [6.45, 7) is 9.24. The SMILES string of the molecule is C=NCc1cc(N=C)cc(-c2ccc3c(n2)N(C(=O)Nc2ccc(F)cn2)[C@H]2CCN3C2)c1. The number of pyridine rings is 2. The molecule has 1 N–H and O–H groups in total. The summed E-state index contributed by atoms with van der Waals surface area (Å²) in [6, 6.07) is 12.1. The Morgan fingerprint density at radius 1 is 1.21 bits per heavy atom. The Morgan fingerprint density at radius 3 is 2.85 bits per heavy atom. The number of urea groups is 1. The van der Waals surface area contributed by atoms with Crippen molar-refractivity contribution < 1.29 is 9.18 Å². The Morgan fingerprint density at radius 2 is 2.09 bits per heavy atom. The lowest BCUT2D eigenvalue weighted by molar-refractivity contribution is 0.254. The third-order valence-corrected chi connectivity index (χ3v) is 5.88. The Labute approximate surface area is 190 Å². The maximum absolute atomic E-state index is 13.3. The molecule has 1 saturated heterocycles. The van der Waals surface area contributed by atoms with E-state index in [0.717, 1.165) is 42.5 Å². The second kappa shape index (κ2) is 8.42. The van der Waals surface area contributed by atoms with Crippen LogP contribution in [-0.2, 0) is 6.54 Å². The lowest BCUT2D eigenvalue weighted by Crippen LogP contribution is -2.48. The van der Waals surface area contributed by atoms with Crippen molar-refractivity contribution in [3.63, 3.8) is 0 Å². The van der Waals surface area contributed by atoms with Crippen LogP contribution in [0.3, 0.4) is 0 Å². The van der Waals surface area contributed by atoms with Crippen molar-refractivity contribution in [1.29, 1.82) is 0 Å². The van der Waals surface area contributed by atoms with Crippen LogP contribution in [-0.4, -0.2) is 48.6 Å². The van der Waals surface area contributed by atoms with Crippen LogP contribution >= 0.6 is 0 Å². The molecule has 9 heteroatoms. The quantitative estimate of drug-likeness (QED) is 0.591. The summed E-state index contributed by atoms with van der Waals surface area (Å²) < 4.78 is 13.2. The second-order valence-electron chi connectivity index (χ2n) is 8.02. The molecule has 1 fully saturated rings. The minimum absolute atomic E-state index is 0.0117. The fourth-order valence-corrected chi connectivity index (χ4v) is 4.39. The normalized spacial score (nSPS) is 16.3. The van der Waals surface area contributed by atoms with Crippen LogP contribution in [0.4, 0.5) is 32.2 Å². The monoisotopic (exact) mass is 443 g/mol. The summed E-state index contributed by atoms with van der Waals surface area (Å²) >= 11 is 0. The van der Waals surface area contributed by atoms with E-state index < -0.39 is 5.82 Å². The number of aromatic nitrogens is 2. The number of carbonyl (C=O) groups is 1. The highest BCUT2D eigenvalue weighted by atomic mass is 19.1. The molecule has 166 valence electrons. The Bertz CT molecular complexity index is 1240. The number of aliphatic imine (C=N–C) groups is 2. The first-order valence-corrected chi connectivity index (χ1v) is 10.6. The summed E-state index contributed by atoms with van der Waals surface area (Å²) in [6.07, 6.45) is 1.91. The number of rotatable bonds is 5. The summed E-state index contributed by atoms with van der Waals surface area (Å²) in [5.74, 6) is 0.406. The van der Waals surface area contributed by atoms with Gasteiger partial charge in [-0.3, -0.25) is 20.2 Å². The van der Waals surface area contributed by atoms with Crippen LogP contribution in [0, 0.1) is 5.82 Å². The number of benzene rings is 1. The molecular weight excluding hydrogens is 421 g/mol. The Kier molecular flexibility index (Phi) is 5.29. The number of hydrogen-bond acceptors (Lipinski definition) is 6. The van der Waals surface area contributed by atoms with Crippen molar-refractivity contribution in [3.05, 3.63) is 60.0 Å². The zero-order valence-electron chi connectivity index (χ0n) is 17.9. The number of halogens is 1. The summed E-state index contributed by atoms with van der Waals surface area (Å²) in [5.41, 5.74) is 4.14. The van der Waals surface area contributed by atoms with Gasteiger partial charge < -0.3 is 4.90 Å². The number of nitrogens with one attached hydrogen (secondary N) is 1. The number of fused-ring (bicyclic) bond motifs is 4. The van der Waals surface area contributed by atoms with E-state index in [1.165, 1.54) is 12.1 Å². The third-order valence-electron chi connectivity index (χ3n) is 5.88. The standard InChI is InChI=1S/C24H22FN7O/c1-26-12-15-9-16(11-18(10-15)27-2)20-4-5-21-23(29-20)32(19-7-8-31(21)14-19)24(33)30-22-6-3-17(25)13-28-22/h3-6,9-11,13,19H,1-2,7-8,12,14H2,(H,28,30,33)/t19-/m0/s1. The van der Waals surface area contributed by atoms with E-state index in [4.69, 9.17) is 4.98 Å². The van der Waals surface area contributed by atoms with Crippen molar-refractivity contribution in [1.82, 2.24) is 9.97 Å². The first-order chi connectivity index (χ1) is 16.1. The average molecular weight is 443 g/mol. The highest BCUT2D eigenvalue weighted by Gasteiger charge is 2.40. The van der Waals surface area contributed by atoms with Crippen molar-refractivity contribution in [3.8, 4) is 11.3 Å². The maximum atomic E-state index is 13.3. The van der Waals surface area contributed by atoms with Gasteiger partial charge in [-0.2, -0.15) is 0 Å². The Balaban J connectivity index is 1.54. The van der Waals surface area contributed by atoms with Gasteiger partial charge in [0.05, 0.1) is 35.9 Å². The van der Waals surface area contributed by atoms with Gasteiger partial charge in [-0.25, -0.2) is 19.2 Å². The molecule has 2 amide bonds. The molecule has 2 bridgehead atoms. The molecule has 8 nitrogen and oxygen atoms in total. The Hall–Kier alpha value is -4.14. The minimum Gasteiger partial charge on any atom is -0.366 e. The fourth-order valence-electron chi connectivity index (χ4n) is 4.39. The maximum Gasteiger partial charge on any atom is 0.329 e. The average Bonchev–Trinajstić information content (AvgIpc) is 3.24. The van der Waals surface area contributed by atoms with Crippen LogP contribution in [0.25, 0.3) is 11.3 Å². The summed E-state index contributed by atoms with van der Waals surface area (Å²) in [5, 5.41) is 2.77. The summed E-state index contributed by atoms with van der Waals surface area (Å²) in [7, 11) is 0. The molecule has 2 aliphatic rings. The molecule has 4 heterocycles. The van der Waals surface area contributed by atoms with E-state index in [1.54, 1.807) is 4.90 Å². The first kappa shape index (κ1) is 20.7. The van der Waals surface area contributed by atoms with Gasteiger partial charge in [0.15, 0.2) is 5.82 Å². The van der Waals surface area contributed by atoms with Gasteiger partial charge in [-0.1, -0.05) is 0 Å². The zero-order chi connectivity index (χ0) is 22.9. The van der Waals surface area contributed by atoms with Crippen LogP contribution in [0.1, 0.15) is 12.0 Å². The van der Waals surface area contributed by atoms with Gasteiger partial charge in [0.1, 0.15) is 11.6 Å². The summed E-state index contributed by atoms with van der Waals surface area (Å²) in [4.78, 5) is 34.1. The molecule has 0 saturated carbocycles. The minimum atomic E-state index is -0.462. The molecule has 1 aromatic carbocycles. The molecule has 0 radical (unpaired) electrons. The largest absolute Gasteiger partial charge is 0.366 e. The molecule has 0 spiro atoms. The number of nitrogens with zero attached hydrogens (tertiary/aromatic N) is 6. The van der Waals surface area contributed by atoms with E-state index in [-0.39, 0.29) is 17.9 Å². The lowest BCUT2D eigenvalue weighted by atomic mass is 10.1. The van der Waals surface area contributed by atoms with E-state index in [2.05, 4.69) is 38.6 Å². The molecule has 0 unspecified atom stereocenters. The highest BCUT2D eigenvalue weighted by Crippen LogP contribution is 2.40. The molecule has 0 aliphatic carbocycles. The first-order valence-electron chi connectivity index (χ1n) is 10.6. The number of amides is 2. The highest BCUT2D eigenvalue weighted by molar-refractivity contribution is 6.04. The zero-order valence-corrected chi connectivity index (χ0v) is 17.9. The molecule has 5 rings (SSSR count). The van der Waals surface area contributed by atoms with Crippen molar-refractivity contribution in [2.75, 3.05) is 28.2 Å². The fraction of sp³-hybridized carbons (Fsp3) is 0.208. The molecule has 2 aromatic heterocycles. The van der Waals surface area contributed by atoms with Gasteiger partial charge in [0.2, 0.25) is 0 Å². The van der Waals surface area contributed by atoms with Crippen molar-refractivity contribution >= 4 is 42.5 Å². The van der Waals surface area contributed by atoms with Gasteiger partial charge in [-0.15, -0.1) is 0 Å². The van der Waals surface area contributed by atoms with E-state index >= 15 is 0 Å². The van der Waals surface area contributed by atoms with Crippen LogP contribution < -0.4 is 15.1 Å². The van der Waals surface area contributed by atoms with E-state index in [1.807, 2.05) is 30.3 Å². The molecule has 2 aliphatic heterocycles. The van der Waals surface area contributed by atoms with Gasteiger partial charge in [0.25, 0.3) is 0 Å². The molecule has 33 heavy (non-hydrogen) atoms. The molecule has 1 atom stereocenters. The van der Waals surface area contributed by atoms with Crippen LogP contribution in [0.2, 0.25) is 0 Å². The molecular formula is C24H22FN7O. The van der Waals surface area contributed by atoms with Gasteiger partial charge in [-0.05, 0) is 67.9 Å². The van der Waals surface area contributed by atoms with Crippen molar-refractivity contribution in [2.45, 2.75) is 19.0 Å². The van der Waals surface area contributed by atoms with Crippen LogP contribution in [0.5, 0.6) is 0 Å². The topological polar surface area (TPSA) is 86.1 Å². The second-order valence-corrected chi connectivity index (χ2v) is 8.02. The third kappa shape index (κ3) is 3.93. The van der Waals surface area contributed by atoms with Gasteiger partial charge in [0, 0.05) is 18.7 Å². The molecule has 3 aromatic rings. The van der Waals surface area contributed by atoms with Crippen LogP contribution in [0.15, 0.2) is 58.6 Å². The smallest absolute Gasteiger partial charge is 0.329 e. The predicted octanol–water partition coefficient (Wildman–Crippen LogP) is 4.45. The van der Waals surface area contributed by atoms with E-state index in [9.17, 15) is 9.18 Å². The van der Waals surface area contributed by atoms with Crippen molar-refractivity contribution in [2.24, 2.45) is 9.98 Å². The predicted molar refractivity (Wildman–Crippen MR) is 128 cm³/mol. The number of hydrogen-bond donors (Lipinski definition) is 1. The number of anilines is 3. The van der Waals surface area contributed by atoms with Gasteiger partial charge >= 0.3 is 6.03 Å². The number of carbonyl (C=O) groups excluding carboxylic acids is 1. The lowest BCUT2D eigenvalue weighted by Gasteiger charge is -2.35.